The molecular formula is C59H101N2O6P. The van der Waals surface area contributed by atoms with E-state index in [0.717, 1.165) is 83.5 Å². The molecule has 3 atom stereocenters. The molecule has 0 aliphatic heterocycles. The number of carbonyl (C=O) groups is 1. The van der Waals surface area contributed by atoms with Crippen molar-refractivity contribution in [3.8, 4) is 0 Å². The fraction of sp³-hybridized carbons (Fsp3) is 0.644. The lowest BCUT2D eigenvalue weighted by Gasteiger charge is -2.29. The van der Waals surface area contributed by atoms with E-state index in [2.05, 4.69) is 129 Å². The third-order valence-corrected chi connectivity index (χ3v) is 12.1. The summed E-state index contributed by atoms with van der Waals surface area (Å²) in [5.74, 6) is -0.260. The number of likely N-dealkylation sites (N-methyl/N-ethyl adjacent to an activating group) is 1. The molecular weight excluding hydrogens is 864 g/mol. The molecule has 0 aliphatic carbocycles. The Bertz CT molecular complexity index is 1510. The third-order valence-electron chi connectivity index (χ3n) is 11.2. The molecule has 9 heteroatoms. The molecule has 0 aromatic carbocycles. The maximum atomic E-state index is 12.9. The van der Waals surface area contributed by atoms with E-state index in [-0.39, 0.29) is 18.9 Å². The summed E-state index contributed by atoms with van der Waals surface area (Å²) in [4.78, 5) is 25.4. The SMILES string of the molecule is CC/C=C\C/C=C\C/C=C\C/C=C\C/C=C\C/C=C\C/C=C\C/C=C\C/C=C\CCCC(=O)NC(COP(=O)([O-])OCC[N+](C)(C)C)C(O)/C=C/CCCCCCCCCCCCCCCCC. The molecule has 0 saturated carbocycles. The van der Waals surface area contributed by atoms with Crippen molar-refractivity contribution in [3.05, 3.63) is 122 Å². The maximum Gasteiger partial charge on any atom is 0.268 e. The predicted octanol–water partition coefficient (Wildman–Crippen LogP) is 15.6. The highest BCUT2D eigenvalue weighted by Gasteiger charge is 2.23. The number of amides is 1. The summed E-state index contributed by atoms with van der Waals surface area (Å²) in [6, 6.07) is -0.926. The number of nitrogens with zero attached hydrogens (tertiary/aromatic N) is 1. The monoisotopic (exact) mass is 965 g/mol. The number of hydrogen-bond acceptors (Lipinski definition) is 6. The van der Waals surface area contributed by atoms with Crippen LogP contribution in [0.1, 0.15) is 194 Å². The summed E-state index contributed by atoms with van der Waals surface area (Å²) in [5.41, 5.74) is 0. The van der Waals surface area contributed by atoms with Crippen molar-refractivity contribution in [3.63, 3.8) is 0 Å². The van der Waals surface area contributed by atoms with E-state index in [1.54, 1.807) is 6.08 Å². The van der Waals surface area contributed by atoms with Crippen molar-refractivity contribution >= 4 is 13.7 Å². The second kappa shape index (κ2) is 48.9. The Morgan fingerprint density at radius 2 is 0.897 bits per heavy atom. The summed E-state index contributed by atoms with van der Waals surface area (Å²) < 4.78 is 23.3. The fourth-order valence-corrected chi connectivity index (χ4v) is 7.70. The highest BCUT2D eigenvalue weighted by molar-refractivity contribution is 7.45. The van der Waals surface area contributed by atoms with Crippen molar-refractivity contribution in [2.45, 2.75) is 206 Å². The quantitative estimate of drug-likeness (QED) is 0.0272. The van der Waals surface area contributed by atoms with Crippen LogP contribution >= 0.6 is 7.82 Å². The second-order valence-corrected chi connectivity index (χ2v) is 20.3. The standard InChI is InChI=1S/C59H101N2O6P/c1-6-8-10-12-14-16-18-20-22-24-25-26-27-28-29-30-31-32-33-34-35-37-39-41-43-45-47-49-51-53-59(63)60-57(56-67-68(64,65)66-55-54-61(3,4)5)58(62)52-50-48-46-44-42-40-38-36-23-21-19-17-15-13-11-9-7-2/h8,10,14,16,20,22,25-26,28-29,31-32,34-35,39,41,45,47,50,52,57-58,62H,6-7,9,11-13,15,17-19,21,23-24,27,30,33,36-38,40,42-44,46,48-49,51,53-56H2,1-5H3,(H-,60,63,64,65)/b10-8-,16-14-,22-20-,26-25-,29-28-,32-31-,35-34-,41-39-,47-45-,52-50+. The predicted molar refractivity (Wildman–Crippen MR) is 292 cm³/mol. The topological polar surface area (TPSA) is 108 Å². The number of phosphoric acid groups is 1. The van der Waals surface area contributed by atoms with E-state index in [0.29, 0.717) is 17.4 Å². The van der Waals surface area contributed by atoms with Crippen molar-refractivity contribution in [1.29, 1.82) is 0 Å². The van der Waals surface area contributed by atoms with Gasteiger partial charge in [0, 0.05) is 6.42 Å². The Hall–Kier alpha value is -3.10. The average Bonchev–Trinajstić information content (AvgIpc) is 3.30. The molecule has 388 valence electrons. The highest BCUT2D eigenvalue weighted by Crippen LogP contribution is 2.38. The molecule has 3 unspecified atom stereocenters. The first-order valence-corrected chi connectivity index (χ1v) is 28.4. The van der Waals surface area contributed by atoms with Crippen LogP contribution in [0.3, 0.4) is 0 Å². The smallest absolute Gasteiger partial charge is 0.268 e. The summed E-state index contributed by atoms with van der Waals surface area (Å²) >= 11 is 0. The molecule has 68 heavy (non-hydrogen) atoms. The van der Waals surface area contributed by atoms with Gasteiger partial charge in [-0.05, 0) is 83.5 Å². The van der Waals surface area contributed by atoms with Crippen molar-refractivity contribution in [2.24, 2.45) is 0 Å². The first kappa shape index (κ1) is 64.9. The van der Waals surface area contributed by atoms with Crippen LogP contribution < -0.4 is 10.2 Å². The van der Waals surface area contributed by atoms with Crippen LogP contribution in [0.15, 0.2) is 122 Å². The average molecular weight is 965 g/mol. The minimum absolute atomic E-state index is 0.0187. The zero-order valence-corrected chi connectivity index (χ0v) is 44.9. The molecule has 0 heterocycles. The number of carbonyl (C=O) groups excluding carboxylic acids is 1. The summed E-state index contributed by atoms with van der Waals surface area (Å²) in [7, 11) is 1.20. The number of phosphoric ester groups is 1. The van der Waals surface area contributed by atoms with Gasteiger partial charge in [-0.1, -0.05) is 225 Å². The van der Waals surface area contributed by atoms with Gasteiger partial charge in [-0.15, -0.1) is 0 Å². The first-order valence-electron chi connectivity index (χ1n) is 26.9. The zero-order valence-electron chi connectivity index (χ0n) is 44.0. The summed E-state index contributed by atoms with van der Waals surface area (Å²) in [6.07, 6.45) is 72.7. The number of quaternary nitrogens is 1. The van der Waals surface area contributed by atoms with E-state index in [1.165, 1.54) is 83.5 Å². The number of allylic oxidation sites excluding steroid dienone is 19. The number of nitrogens with one attached hydrogen (secondary N) is 1. The molecule has 0 aromatic rings. The molecule has 8 nitrogen and oxygen atoms in total. The van der Waals surface area contributed by atoms with Gasteiger partial charge in [-0.3, -0.25) is 9.36 Å². The molecule has 0 fully saturated rings. The van der Waals surface area contributed by atoms with Gasteiger partial charge in [-0.2, -0.15) is 0 Å². The largest absolute Gasteiger partial charge is 0.756 e. The minimum Gasteiger partial charge on any atom is -0.756 e. The first-order chi connectivity index (χ1) is 33.0. The van der Waals surface area contributed by atoms with Crippen molar-refractivity contribution < 1.29 is 32.9 Å². The number of unbranched alkanes of at least 4 members (excludes halogenated alkanes) is 16. The molecule has 0 bridgehead atoms. The van der Waals surface area contributed by atoms with Gasteiger partial charge in [0.2, 0.25) is 5.91 Å². The lowest BCUT2D eigenvalue weighted by atomic mass is 10.0. The van der Waals surface area contributed by atoms with E-state index in [1.807, 2.05) is 27.2 Å². The van der Waals surface area contributed by atoms with Gasteiger partial charge < -0.3 is 28.8 Å². The van der Waals surface area contributed by atoms with Gasteiger partial charge in [-0.25, -0.2) is 0 Å². The number of aliphatic hydroxyl groups is 1. The second-order valence-electron chi connectivity index (χ2n) is 18.9. The molecule has 0 aliphatic rings. The Balaban J connectivity index is 4.42. The summed E-state index contributed by atoms with van der Waals surface area (Å²) in [5, 5.41) is 13.8. The van der Waals surface area contributed by atoms with Gasteiger partial charge in [0.1, 0.15) is 13.2 Å². The summed E-state index contributed by atoms with van der Waals surface area (Å²) in [6.45, 7) is 4.48. The number of rotatable bonds is 47. The zero-order chi connectivity index (χ0) is 49.9. The minimum atomic E-state index is -4.62. The van der Waals surface area contributed by atoms with Crippen molar-refractivity contribution in [2.75, 3.05) is 40.9 Å². The molecule has 0 aromatic heterocycles. The Morgan fingerprint density at radius 1 is 0.529 bits per heavy atom. The van der Waals surface area contributed by atoms with Crippen LogP contribution in [0.4, 0.5) is 0 Å². The molecule has 2 N–H and O–H groups in total. The molecule has 0 spiro atoms. The van der Waals surface area contributed by atoms with E-state index in [9.17, 15) is 19.4 Å². The van der Waals surface area contributed by atoms with Gasteiger partial charge >= 0.3 is 0 Å². The van der Waals surface area contributed by atoms with Gasteiger partial charge in [0.15, 0.2) is 0 Å². The third kappa shape index (κ3) is 50.8. The fourth-order valence-electron chi connectivity index (χ4n) is 6.98. The van der Waals surface area contributed by atoms with Crippen LogP contribution in [0.5, 0.6) is 0 Å². The van der Waals surface area contributed by atoms with E-state index < -0.39 is 26.6 Å². The normalized spacial score (nSPS) is 15.0. The highest BCUT2D eigenvalue weighted by atomic mass is 31.2. The lowest BCUT2D eigenvalue weighted by Crippen LogP contribution is -2.45. The number of aliphatic hydroxyl groups excluding tert-OH is 1. The number of hydrogen-bond donors (Lipinski definition) is 2. The maximum absolute atomic E-state index is 12.9. The lowest BCUT2D eigenvalue weighted by molar-refractivity contribution is -0.870. The van der Waals surface area contributed by atoms with Crippen LogP contribution in [-0.2, 0) is 18.4 Å². The Morgan fingerprint density at radius 3 is 1.29 bits per heavy atom. The molecule has 1 amide bonds. The van der Waals surface area contributed by atoms with Crippen LogP contribution in [-0.4, -0.2) is 68.5 Å². The Labute approximate surface area is 418 Å². The van der Waals surface area contributed by atoms with Crippen LogP contribution in [0.2, 0.25) is 0 Å². The molecule has 0 saturated heterocycles. The molecule has 0 radical (unpaired) electrons. The van der Waals surface area contributed by atoms with Crippen LogP contribution in [0.25, 0.3) is 0 Å². The Kier molecular flexibility index (Phi) is 46.7. The van der Waals surface area contributed by atoms with E-state index in [4.69, 9.17) is 9.05 Å². The van der Waals surface area contributed by atoms with Crippen molar-refractivity contribution in [1.82, 2.24) is 5.32 Å². The van der Waals surface area contributed by atoms with Gasteiger partial charge in [0.25, 0.3) is 7.82 Å². The van der Waals surface area contributed by atoms with Gasteiger partial charge in [0.05, 0.1) is 39.9 Å². The van der Waals surface area contributed by atoms with Crippen LogP contribution in [0, 0.1) is 0 Å². The molecule has 0 rings (SSSR count). The van der Waals surface area contributed by atoms with E-state index >= 15 is 0 Å².